The van der Waals surface area contributed by atoms with Crippen molar-refractivity contribution in [1.82, 2.24) is 19.0 Å². The Balaban J connectivity index is 2.28. The smallest absolute Gasteiger partial charge is 0.246 e. The van der Waals surface area contributed by atoms with Crippen LogP contribution in [-0.4, -0.2) is 60.1 Å². The number of likely N-dealkylation sites (N-methyl/N-ethyl adjacent to an activating group) is 1. The summed E-state index contributed by atoms with van der Waals surface area (Å²) in [6.45, 7) is 9.34. The lowest BCUT2D eigenvalue weighted by molar-refractivity contribution is 0.196. The van der Waals surface area contributed by atoms with E-state index in [1.165, 1.54) is 0 Å². The molecule has 19 heavy (non-hydrogen) atoms. The maximum atomic E-state index is 12.7. The average molecular weight is 286 g/mol. The second kappa shape index (κ2) is 5.22. The molecule has 0 unspecified atom stereocenters. The van der Waals surface area contributed by atoms with Gasteiger partial charge in [0, 0.05) is 33.2 Å². The van der Waals surface area contributed by atoms with E-state index in [0.29, 0.717) is 29.4 Å². The first kappa shape index (κ1) is 14.5. The molecule has 1 fully saturated rings. The first-order chi connectivity index (χ1) is 8.87. The molecule has 0 aliphatic carbocycles. The van der Waals surface area contributed by atoms with E-state index in [9.17, 15) is 8.42 Å². The van der Waals surface area contributed by atoms with Gasteiger partial charge in [-0.15, -0.1) is 0 Å². The van der Waals surface area contributed by atoms with Gasteiger partial charge < -0.3 is 4.90 Å². The first-order valence-electron chi connectivity index (χ1n) is 6.60. The third-order valence-electron chi connectivity index (χ3n) is 3.82. The molecular weight excluding hydrogens is 264 g/mol. The van der Waals surface area contributed by atoms with Crippen LogP contribution >= 0.6 is 0 Å². The summed E-state index contributed by atoms with van der Waals surface area (Å²) in [6.07, 6.45) is 0. The Hall–Kier alpha value is -0.920. The van der Waals surface area contributed by atoms with E-state index in [0.717, 1.165) is 19.6 Å². The second-order valence-corrected chi connectivity index (χ2v) is 6.84. The normalized spacial score (nSPS) is 18.9. The zero-order valence-corrected chi connectivity index (χ0v) is 12.9. The molecule has 0 spiro atoms. The van der Waals surface area contributed by atoms with Crippen LogP contribution in [0.2, 0.25) is 0 Å². The Bertz CT molecular complexity index is 557. The number of aryl methyl sites for hydroxylation is 2. The molecule has 0 radical (unpaired) electrons. The van der Waals surface area contributed by atoms with Crippen molar-refractivity contribution in [2.75, 3.05) is 32.7 Å². The zero-order chi connectivity index (χ0) is 14.2. The van der Waals surface area contributed by atoms with Gasteiger partial charge in [0.1, 0.15) is 4.90 Å². The molecule has 0 saturated carbocycles. The molecule has 0 N–H and O–H groups in total. The lowest BCUT2D eigenvalue weighted by Crippen LogP contribution is -2.48. The van der Waals surface area contributed by atoms with Crippen molar-refractivity contribution in [1.29, 1.82) is 0 Å². The van der Waals surface area contributed by atoms with Crippen molar-refractivity contribution in [2.24, 2.45) is 7.05 Å². The number of sulfonamides is 1. The SMILES string of the molecule is CCN1CCN(S(=O)(=O)c2c(C)nn(C)c2C)CC1. The van der Waals surface area contributed by atoms with Gasteiger partial charge in [0.15, 0.2) is 0 Å². The minimum atomic E-state index is -3.41. The van der Waals surface area contributed by atoms with E-state index < -0.39 is 10.0 Å². The van der Waals surface area contributed by atoms with E-state index in [1.54, 1.807) is 29.9 Å². The van der Waals surface area contributed by atoms with Gasteiger partial charge in [0.25, 0.3) is 0 Å². The van der Waals surface area contributed by atoms with E-state index in [2.05, 4.69) is 16.9 Å². The molecule has 1 aliphatic rings. The minimum absolute atomic E-state index is 0.375. The molecule has 0 atom stereocenters. The van der Waals surface area contributed by atoms with Gasteiger partial charge >= 0.3 is 0 Å². The van der Waals surface area contributed by atoms with Crippen LogP contribution in [0.4, 0.5) is 0 Å². The molecule has 2 heterocycles. The molecule has 0 amide bonds. The summed E-state index contributed by atoms with van der Waals surface area (Å²) in [5.74, 6) is 0. The predicted octanol–water partition coefficient (Wildman–Crippen LogP) is 0.363. The van der Waals surface area contributed by atoms with Gasteiger partial charge in [-0.1, -0.05) is 6.92 Å². The van der Waals surface area contributed by atoms with Crippen molar-refractivity contribution in [2.45, 2.75) is 25.7 Å². The molecule has 1 aromatic rings. The fourth-order valence-corrected chi connectivity index (χ4v) is 4.36. The summed E-state index contributed by atoms with van der Waals surface area (Å²) in [6, 6.07) is 0. The van der Waals surface area contributed by atoms with Crippen LogP contribution in [-0.2, 0) is 17.1 Å². The van der Waals surface area contributed by atoms with E-state index in [4.69, 9.17) is 0 Å². The highest BCUT2D eigenvalue weighted by Gasteiger charge is 2.32. The molecule has 1 aromatic heterocycles. The highest BCUT2D eigenvalue weighted by Crippen LogP contribution is 2.23. The molecule has 1 saturated heterocycles. The molecule has 2 rings (SSSR count). The summed E-state index contributed by atoms with van der Waals surface area (Å²) in [4.78, 5) is 2.63. The predicted molar refractivity (Wildman–Crippen MR) is 73.6 cm³/mol. The lowest BCUT2D eigenvalue weighted by Gasteiger charge is -2.33. The summed E-state index contributed by atoms with van der Waals surface area (Å²) in [5.41, 5.74) is 1.29. The van der Waals surface area contributed by atoms with Gasteiger partial charge in [0.05, 0.1) is 11.4 Å². The summed E-state index contributed by atoms with van der Waals surface area (Å²) < 4.78 is 28.6. The van der Waals surface area contributed by atoms with Crippen LogP contribution in [0, 0.1) is 13.8 Å². The third kappa shape index (κ3) is 2.54. The lowest BCUT2D eigenvalue weighted by atomic mass is 10.4. The number of aromatic nitrogens is 2. The van der Waals surface area contributed by atoms with E-state index in [-0.39, 0.29) is 0 Å². The number of rotatable bonds is 3. The van der Waals surface area contributed by atoms with Crippen LogP contribution in [0.25, 0.3) is 0 Å². The van der Waals surface area contributed by atoms with Gasteiger partial charge in [-0.3, -0.25) is 4.68 Å². The maximum Gasteiger partial charge on any atom is 0.246 e. The van der Waals surface area contributed by atoms with Gasteiger partial charge in [-0.25, -0.2) is 8.42 Å². The Morgan fingerprint density at radius 2 is 1.74 bits per heavy atom. The van der Waals surface area contributed by atoms with Gasteiger partial charge in [-0.05, 0) is 20.4 Å². The Morgan fingerprint density at radius 3 is 2.16 bits per heavy atom. The van der Waals surface area contributed by atoms with E-state index in [1.807, 2.05) is 0 Å². The molecule has 7 heteroatoms. The van der Waals surface area contributed by atoms with Crippen molar-refractivity contribution < 1.29 is 8.42 Å². The Morgan fingerprint density at radius 1 is 1.16 bits per heavy atom. The van der Waals surface area contributed by atoms with Crippen molar-refractivity contribution >= 4 is 10.0 Å². The molecule has 6 nitrogen and oxygen atoms in total. The van der Waals surface area contributed by atoms with Gasteiger partial charge in [0.2, 0.25) is 10.0 Å². The van der Waals surface area contributed by atoms with Crippen molar-refractivity contribution in [3.63, 3.8) is 0 Å². The Kier molecular flexibility index (Phi) is 3.98. The summed E-state index contributed by atoms with van der Waals surface area (Å²) in [5, 5.41) is 4.20. The maximum absolute atomic E-state index is 12.7. The standard InChI is InChI=1S/C12H22N4O2S/c1-5-15-6-8-16(9-7-15)19(17,18)12-10(2)13-14(4)11(12)3/h5-9H2,1-4H3. The molecule has 108 valence electrons. The largest absolute Gasteiger partial charge is 0.301 e. The number of hydrogen-bond acceptors (Lipinski definition) is 4. The zero-order valence-electron chi connectivity index (χ0n) is 12.0. The number of nitrogens with zero attached hydrogens (tertiary/aromatic N) is 4. The molecule has 0 bridgehead atoms. The first-order valence-corrected chi connectivity index (χ1v) is 8.04. The average Bonchev–Trinajstić information content (AvgIpc) is 2.63. The van der Waals surface area contributed by atoms with Crippen LogP contribution < -0.4 is 0 Å². The van der Waals surface area contributed by atoms with Crippen molar-refractivity contribution in [3.05, 3.63) is 11.4 Å². The highest BCUT2D eigenvalue weighted by molar-refractivity contribution is 7.89. The van der Waals surface area contributed by atoms with Crippen LogP contribution in [0.5, 0.6) is 0 Å². The Labute approximate surface area is 115 Å². The second-order valence-electron chi connectivity index (χ2n) is 4.96. The third-order valence-corrected chi connectivity index (χ3v) is 5.97. The van der Waals surface area contributed by atoms with E-state index >= 15 is 0 Å². The van der Waals surface area contributed by atoms with Crippen LogP contribution in [0.1, 0.15) is 18.3 Å². The van der Waals surface area contributed by atoms with Gasteiger partial charge in [-0.2, -0.15) is 9.40 Å². The molecule has 1 aliphatic heterocycles. The molecule has 0 aromatic carbocycles. The quantitative estimate of drug-likeness (QED) is 0.805. The monoisotopic (exact) mass is 286 g/mol. The van der Waals surface area contributed by atoms with Crippen LogP contribution in [0.15, 0.2) is 4.90 Å². The number of piperazine rings is 1. The summed E-state index contributed by atoms with van der Waals surface area (Å²) >= 11 is 0. The number of hydrogen-bond donors (Lipinski definition) is 0. The topological polar surface area (TPSA) is 58.4 Å². The fourth-order valence-electron chi connectivity index (χ4n) is 2.54. The van der Waals surface area contributed by atoms with Crippen LogP contribution in [0.3, 0.4) is 0 Å². The fraction of sp³-hybridized carbons (Fsp3) is 0.750. The molecular formula is C12H22N4O2S. The summed E-state index contributed by atoms with van der Waals surface area (Å²) in [7, 11) is -1.64. The van der Waals surface area contributed by atoms with Crippen molar-refractivity contribution in [3.8, 4) is 0 Å². The minimum Gasteiger partial charge on any atom is -0.301 e. The highest BCUT2D eigenvalue weighted by atomic mass is 32.2.